The molecule has 2 aromatic heterocycles. The predicted octanol–water partition coefficient (Wildman–Crippen LogP) is 6.12. The highest BCUT2D eigenvalue weighted by Crippen LogP contribution is 2.29. The number of aromatic nitrogens is 2. The average Bonchev–Trinajstić information content (AvgIpc) is 3.27. The number of rotatable bonds is 5. The lowest BCUT2D eigenvalue weighted by atomic mass is 9.86. The molecule has 0 unspecified atom stereocenters. The van der Waals surface area contributed by atoms with Crippen LogP contribution in [-0.4, -0.2) is 27.0 Å². The molecule has 0 spiro atoms. The van der Waals surface area contributed by atoms with Gasteiger partial charge in [0.05, 0.1) is 22.5 Å². The topological polar surface area (TPSA) is 92.2 Å². The number of carboxylic acid groups (broad SMARTS) is 1. The van der Waals surface area contributed by atoms with Gasteiger partial charge in [-0.15, -0.1) is 11.3 Å². The monoisotopic (exact) mass is 457 g/mol. The van der Waals surface area contributed by atoms with E-state index in [1.807, 2.05) is 12.1 Å². The average molecular weight is 458 g/mol. The number of amides is 1. The van der Waals surface area contributed by atoms with Gasteiger partial charge in [-0.05, 0) is 35.2 Å². The number of pyridine rings is 1. The van der Waals surface area contributed by atoms with Crippen molar-refractivity contribution in [3.63, 3.8) is 0 Å². The van der Waals surface area contributed by atoms with Crippen molar-refractivity contribution in [2.75, 3.05) is 5.32 Å². The first-order valence-corrected chi connectivity index (χ1v) is 11.3. The summed E-state index contributed by atoms with van der Waals surface area (Å²) in [5.41, 5.74) is 4.61. The van der Waals surface area contributed by atoms with Gasteiger partial charge in [0.1, 0.15) is 0 Å². The minimum absolute atomic E-state index is 0.0371. The second-order valence-corrected chi connectivity index (χ2v) is 9.46. The molecule has 7 heteroatoms. The molecule has 0 atom stereocenters. The molecule has 0 aliphatic heterocycles. The first-order valence-electron chi connectivity index (χ1n) is 10.4. The van der Waals surface area contributed by atoms with Crippen LogP contribution >= 0.6 is 11.3 Å². The predicted molar refractivity (Wildman–Crippen MR) is 131 cm³/mol. The first-order chi connectivity index (χ1) is 15.7. The van der Waals surface area contributed by atoms with Crippen LogP contribution in [0.1, 0.15) is 47.1 Å². The zero-order chi connectivity index (χ0) is 23.6. The molecular weight excluding hydrogens is 434 g/mol. The van der Waals surface area contributed by atoms with E-state index in [-0.39, 0.29) is 16.9 Å². The molecule has 4 rings (SSSR count). The van der Waals surface area contributed by atoms with Crippen molar-refractivity contribution in [1.82, 2.24) is 9.97 Å². The third-order valence-electron chi connectivity index (χ3n) is 5.21. The molecule has 33 heavy (non-hydrogen) atoms. The van der Waals surface area contributed by atoms with Crippen molar-refractivity contribution in [2.45, 2.75) is 26.2 Å². The highest BCUT2D eigenvalue weighted by Gasteiger charge is 2.18. The summed E-state index contributed by atoms with van der Waals surface area (Å²) in [5, 5.41) is 14.3. The lowest BCUT2D eigenvalue weighted by Gasteiger charge is -2.19. The summed E-state index contributed by atoms with van der Waals surface area (Å²) in [6, 6.07) is 18.1. The number of carbonyl (C=O) groups excluding carboxylic acids is 1. The van der Waals surface area contributed by atoms with Crippen molar-refractivity contribution in [2.24, 2.45) is 0 Å². The first kappa shape index (κ1) is 22.4. The van der Waals surface area contributed by atoms with Gasteiger partial charge in [0, 0.05) is 22.7 Å². The molecule has 1 amide bonds. The van der Waals surface area contributed by atoms with E-state index in [0.717, 1.165) is 5.56 Å². The number of nitrogens with one attached hydrogen (secondary N) is 1. The fourth-order valence-electron chi connectivity index (χ4n) is 3.39. The lowest BCUT2D eigenvalue weighted by molar-refractivity contribution is 0.0696. The number of anilines is 1. The zero-order valence-corrected chi connectivity index (χ0v) is 19.3. The van der Waals surface area contributed by atoms with Gasteiger partial charge >= 0.3 is 5.97 Å². The molecule has 0 bridgehead atoms. The summed E-state index contributed by atoms with van der Waals surface area (Å²) >= 11 is 1.28. The minimum atomic E-state index is -1.000. The normalized spacial score (nSPS) is 11.2. The van der Waals surface area contributed by atoms with E-state index >= 15 is 0 Å². The molecular formula is C26H23N3O3S. The summed E-state index contributed by atoms with van der Waals surface area (Å²) in [4.78, 5) is 33.2. The molecule has 0 saturated heterocycles. The molecule has 2 N–H and O–H groups in total. The van der Waals surface area contributed by atoms with Crippen molar-refractivity contribution >= 4 is 28.3 Å². The van der Waals surface area contributed by atoms with Gasteiger partial charge in [0.2, 0.25) is 0 Å². The smallest absolute Gasteiger partial charge is 0.335 e. The third-order valence-corrected chi connectivity index (χ3v) is 5.96. The van der Waals surface area contributed by atoms with E-state index in [1.54, 1.807) is 41.9 Å². The molecule has 4 aromatic rings. The highest BCUT2D eigenvalue weighted by atomic mass is 32.1. The Labute approximate surface area is 196 Å². The fraction of sp³-hybridized carbons (Fsp3) is 0.154. The number of hydrogen-bond donors (Lipinski definition) is 2. The van der Waals surface area contributed by atoms with E-state index in [4.69, 9.17) is 0 Å². The molecule has 0 fully saturated rings. The minimum Gasteiger partial charge on any atom is -0.478 e. The second kappa shape index (κ2) is 8.96. The van der Waals surface area contributed by atoms with Crippen LogP contribution in [0, 0.1) is 0 Å². The zero-order valence-electron chi connectivity index (χ0n) is 18.5. The quantitative estimate of drug-likeness (QED) is 0.377. The Bertz CT molecular complexity index is 1320. The van der Waals surface area contributed by atoms with Crippen LogP contribution in [0.5, 0.6) is 0 Å². The number of benzene rings is 2. The molecule has 6 nitrogen and oxygen atoms in total. The number of carboxylic acids is 1. The van der Waals surface area contributed by atoms with Gasteiger partial charge in [0.25, 0.3) is 5.91 Å². The summed E-state index contributed by atoms with van der Waals surface area (Å²) < 4.78 is 0. The van der Waals surface area contributed by atoms with Crippen molar-refractivity contribution in [1.29, 1.82) is 0 Å². The van der Waals surface area contributed by atoms with Crippen molar-refractivity contribution in [3.8, 4) is 22.5 Å². The molecule has 2 heterocycles. The van der Waals surface area contributed by atoms with Crippen LogP contribution in [0.25, 0.3) is 22.5 Å². The SMILES string of the molecule is CC(C)(C)c1ccc(-c2ncccc2C(=O)Nc2nc(-c3cccc(C(=O)O)c3)cs2)cc1. The Hall–Kier alpha value is -3.84. The third kappa shape index (κ3) is 4.99. The largest absolute Gasteiger partial charge is 0.478 e. The molecule has 0 aliphatic rings. The van der Waals surface area contributed by atoms with Crippen molar-refractivity contribution in [3.05, 3.63) is 88.9 Å². The Kier molecular flexibility index (Phi) is 6.07. The second-order valence-electron chi connectivity index (χ2n) is 8.60. The van der Waals surface area contributed by atoms with Gasteiger partial charge < -0.3 is 5.11 Å². The Balaban J connectivity index is 1.57. The number of carbonyl (C=O) groups is 2. The molecule has 0 radical (unpaired) electrons. The Morgan fingerprint density at radius 1 is 0.970 bits per heavy atom. The number of hydrogen-bond acceptors (Lipinski definition) is 5. The van der Waals surface area contributed by atoms with E-state index in [9.17, 15) is 14.7 Å². The van der Waals surface area contributed by atoms with Crippen LogP contribution in [0.4, 0.5) is 5.13 Å². The van der Waals surface area contributed by atoms with Gasteiger partial charge in [-0.25, -0.2) is 9.78 Å². The van der Waals surface area contributed by atoms with Crippen LogP contribution in [0.3, 0.4) is 0 Å². The van der Waals surface area contributed by atoms with Crippen LogP contribution in [-0.2, 0) is 5.41 Å². The summed E-state index contributed by atoms with van der Waals surface area (Å²) in [6.07, 6.45) is 1.67. The van der Waals surface area contributed by atoms with E-state index < -0.39 is 5.97 Å². The van der Waals surface area contributed by atoms with E-state index in [2.05, 4.69) is 48.2 Å². The number of thiazole rings is 1. The lowest BCUT2D eigenvalue weighted by Crippen LogP contribution is -2.14. The number of aromatic carboxylic acids is 1. The molecule has 0 aliphatic carbocycles. The van der Waals surface area contributed by atoms with E-state index in [1.165, 1.54) is 23.0 Å². The fourth-order valence-corrected chi connectivity index (χ4v) is 4.10. The van der Waals surface area contributed by atoms with Crippen molar-refractivity contribution < 1.29 is 14.7 Å². The summed E-state index contributed by atoms with van der Waals surface area (Å²) in [7, 11) is 0. The molecule has 2 aromatic carbocycles. The van der Waals surface area contributed by atoms with Gasteiger partial charge in [-0.1, -0.05) is 57.2 Å². The Morgan fingerprint density at radius 3 is 2.42 bits per heavy atom. The molecule has 166 valence electrons. The van der Waals surface area contributed by atoms with Gasteiger partial charge in [-0.2, -0.15) is 0 Å². The number of nitrogens with zero attached hydrogens (tertiary/aromatic N) is 2. The molecule has 0 saturated carbocycles. The van der Waals surface area contributed by atoms with Gasteiger partial charge in [-0.3, -0.25) is 15.1 Å². The summed E-state index contributed by atoms with van der Waals surface area (Å²) in [6.45, 7) is 6.46. The van der Waals surface area contributed by atoms with E-state index in [0.29, 0.717) is 27.6 Å². The van der Waals surface area contributed by atoms with Gasteiger partial charge in [0.15, 0.2) is 5.13 Å². The van der Waals surface area contributed by atoms with Crippen LogP contribution in [0.2, 0.25) is 0 Å². The highest BCUT2D eigenvalue weighted by molar-refractivity contribution is 7.14. The summed E-state index contributed by atoms with van der Waals surface area (Å²) in [5.74, 6) is -1.31. The van der Waals surface area contributed by atoms with Crippen LogP contribution in [0.15, 0.2) is 72.2 Å². The maximum atomic E-state index is 13.1. The standard InChI is InChI=1S/C26H23N3O3S/c1-26(2,3)19-11-9-16(10-12-19)22-20(8-5-13-27-22)23(30)29-25-28-21(15-33-25)17-6-4-7-18(14-17)24(31)32/h4-15H,1-3H3,(H,31,32)(H,28,29,30). The Morgan fingerprint density at radius 2 is 1.73 bits per heavy atom. The van der Waals surface area contributed by atoms with Crippen LogP contribution < -0.4 is 5.32 Å². The maximum absolute atomic E-state index is 13.1. The maximum Gasteiger partial charge on any atom is 0.335 e.